The zero-order valence-corrected chi connectivity index (χ0v) is 12.8. The molecule has 2 aliphatic rings. The summed E-state index contributed by atoms with van der Waals surface area (Å²) in [5.41, 5.74) is 0.403. The number of sulfonamides is 1. The lowest BCUT2D eigenvalue weighted by Gasteiger charge is -2.38. The first-order chi connectivity index (χ1) is 8.94. The van der Waals surface area contributed by atoms with Crippen LogP contribution in [0.25, 0.3) is 0 Å². The van der Waals surface area contributed by atoms with Crippen molar-refractivity contribution in [2.24, 2.45) is 4.99 Å². The summed E-state index contributed by atoms with van der Waals surface area (Å²) in [5.74, 6) is 0.309. The van der Waals surface area contributed by atoms with Crippen LogP contribution in [0.5, 0.6) is 0 Å². The summed E-state index contributed by atoms with van der Waals surface area (Å²) in [6.45, 7) is 2.08. The fraction of sp³-hybridized carbons (Fsp3) is 0.545. The Morgan fingerprint density at radius 3 is 2.84 bits per heavy atom. The van der Waals surface area contributed by atoms with E-state index < -0.39 is 10.0 Å². The van der Waals surface area contributed by atoms with Gasteiger partial charge in [0.05, 0.1) is 15.6 Å². The molecule has 1 aromatic rings. The quantitative estimate of drug-likeness (QED) is 0.880. The lowest BCUT2D eigenvalue weighted by Crippen LogP contribution is -2.44. The van der Waals surface area contributed by atoms with Gasteiger partial charge in [0.2, 0.25) is 5.96 Å². The van der Waals surface area contributed by atoms with E-state index in [9.17, 15) is 8.42 Å². The predicted octanol–water partition coefficient (Wildman–Crippen LogP) is 2.79. The van der Waals surface area contributed by atoms with Crippen molar-refractivity contribution in [1.82, 2.24) is 4.72 Å². The van der Waals surface area contributed by atoms with Crippen molar-refractivity contribution in [2.45, 2.75) is 42.4 Å². The second-order valence-electron chi connectivity index (χ2n) is 4.87. The van der Waals surface area contributed by atoms with E-state index in [2.05, 4.69) is 22.0 Å². The number of thiophene rings is 1. The molecule has 0 amide bonds. The van der Waals surface area contributed by atoms with E-state index in [0.29, 0.717) is 16.0 Å². The molecule has 1 aliphatic carbocycles. The van der Waals surface area contributed by atoms with Gasteiger partial charge in [0.25, 0.3) is 10.0 Å². The first-order valence-corrected chi connectivity index (χ1v) is 8.81. The van der Waals surface area contributed by atoms with Crippen molar-refractivity contribution in [2.75, 3.05) is 5.32 Å². The van der Waals surface area contributed by atoms with Crippen molar-refractivity contribution in [3.63, 3.8) is 0 Å². The summed E-state index contributed by atoms with van der Waals surface area (Å²) in [7, 11) is -3.54. The van der Waals surface area contributed by atoms with Crippen LogP contribution in [0.3, 0.4) is 0 Å². The molecule has 2 N–H and O–H groups in total. The van der Waals surface area contributed by atoms with E-state index in [4.69, 9.17) is 11.6 Å². The van der Waals surface area contributed by atoms with E-state index >= 15 is 0 Å². The normalized spacial score (nSPS) is 25.1. The third-order valence-corrected chi connectivity index (χ3v) is 6.82. The Kier molecular flexibility index (Phi) is 3.03. The van der Waals surface area contributed by atoms with Gasteiger partial charge in [-0.25, -0.2) is 18.1 Å². The molecule has 1 saturated carbocycles. The molecular formula is C11H14ClN3O2S2. The molecule has 5 nitrogen and oxygen atoms in total. The van der Waals surface area contributed by atoms with E-state index in [-0.39, 0.29) is 9.75 Å². The zero-order chi connectivity index (χ0) is 13.7. The molecule has 19 heavy (non-hydrogen) atoms. The molecule has 104 valence electrons. The maximum atomic E-state index is 12.1. The summed E-state index contributed by atoms with van der Waals surface area (Å²) in [4.78, 5) is 4.57. The van der Waals surface area contributed by atoms with Crippen molar-refractivity contribution in [3.8, 4) is 0 Å². The molecular weight excluding hydrogens is 306 g/mol. The van der Waals surface area contributed by atoms with Crippen molar-refractivity contribution in [3.05, 3.63) is 10.4 Å². The first kappa shape index (κ1) is 13.2. The Morgan fingerprint density at radius 2 is 2.26 bits per heavy atom. The van der Waals surface area contributed by atoms with Crippen LogP contribution in [0.4, 0.5) is 5.69 Å². The van der Waals surface area contributed by atoms with Crippen LogP contribution >= 0.6 is 22.9 Å². The Hall–Kier alpha value is -0.790. The molecule has 0 unspecified atom stereocenters. The van der Waals surface area contributed by atoms with Gasteiger partial charge in [-0.3, -0.25) is 0 Å². The molecule has 0 bridgehead atoms. The number of nitrogens with zero attached hydrogens (tertiary/aromatic N) is 1. The molecule has 1 aliphatic heterocycles. The van der Waals surface area contributed by atoms with Gasteiger partial charge in [-0.15, -0.1) is 11.3 Å². The summed E-state index contributed by atoms with van der Waals surface area (Å²) in [6.07, 6.45) is 4.07. The van der Waals surface area contributed by atoms with Gasteiger partial charge >= 0.3 is 0 Å². The van der Waals surface area contributed by atoms with Crippen molar-refractivity contribution < 1.29 is 8.42 Å². The molecule has 1 aromatic heterocycles. The minimum atomic E-state index is -3.54. The summed E-state index contributed by atoms with van der Waals surface area (Å²) >= 11 is 6.91. The second kappa shape index (κ2) is 4.36. The molecule has 1 fully saturated rings. The van der Waals surface area contributed by atoms with Gasteiger partial charge in [0.15, 0.2) is 4.21 Å². The number of hydrogen-bond donors (Lipinski definition) is 2. The van der Waals surface area contributed by atoms with Crippen molar-refractivity contribution >= 4 is 44.6 Å². The average Bonchev–Trinajstić information content (AvgIpc) is 2.64. The third-order valence-electron chi connectivity index (χ3n) is 3.69. The standard InChI is InChI=1S/C11H14ClN3O2S2/c1-2-11(4-3-5-11)14-10-13-7-6-8(12)18-9(7)19(16,17)15-10/h6H,2-5H2,1H3,(H2,13,14,15). The summed E-state index contributed by atoms with van der Waals surface area (Å²) < 4.78 is 27.3. The van der Waals surface area contributed by atoms with Crippen LogP contribution in [-0.2, 0) is 10.0 Å². The third kappa shape index (κ3) is 2.23. The Morgan fingerprint density at radius 1 is 1.53 bits per heavy atom. The highest BCUT2D eigenvalue weighted by Gasteiger charge is 2.37. The fourth-order valence-electron chi connectivity index (χ4n) is 2.38. The molecule has 0 saturated heterocycles. The van der Waals surface area contributed by atoms with E-state index in [1.165, 1.54) is 0 Å². The van der Waals surface area contributed by atoms with E-state index in [1.54, 1.807) is 6.07 Å². The van der Waals surface area contributed by atoms with Gasteiger partial charge in [-0.1, -0.05) is 18.5 Å². The molecule has 0 aromatic carbocycles. The van der Waals surface area contributed by atoms with Crippen molar-refractivity contribution in [1.29, 1.82) is 0 Å². The second-order valence-corrected chi connectivity index (χ2v) is 8.44. The van der Waals surface area contributed by atoms with Gasteiger partial charge in [0, 0.05) is 0 Å². The van der Waals surface area contributed by atoms with Gasteiger partial charge in [-0.2, -0.15) is 0 Å². The average molecular weight is 320 g/mol. The fourth-order valence-corrected chi connectivity index (χ4v) is 5.10. The number of anilines is 1. The predicted molar refractivity (Wildman–Crippen MR) is 77.6 cm³/mol. The molecule has 0 spiro atoms. The monoisotopic (exact) mass is 319 g/mol. The number of aliphatic imine (C=N–C) groups is 1. The Balaban J connectivity index is 1.98. The number of fused-ring (bicyclic) bond motifs is 1. The maximum Gasteiger partial charge on any atom is 0.275 e. The Labute approximate surface area is 121 Å². The number of halogens is 1. The zero-order valence-electron chi connectivity index (χ0n) is 10.4. The lowest BCUT2D eigenvalue weighted by molar-refractivity contribution is 0.243. The maximum absolute atomic E-state index is 12.1. The molecule has 2 heterocycles. The highest BCUT2D eigenvalue weighted by molar-refractivity contribution is 7.92. The summed E-state index contributed by atoms with van der Waals surface area (Å²) in [5, 5.41) is 3.02. The van der Waals surface area contributed by atoms with Gasteiger partial charge < -0.3 is 5.32 Å². The van der Waals surface area contributed by atoms with Crippen LogP contribution in [0.2, 0.25) is 4.34 Å². The van der Waals surface area contributed by atoms with E-state index in [0.717, 1.165) is 37.0 Å². The summed E-state index contributed by atoms with van der Waals surface area (Å²) in [6, 6.07) is 1.62. The molecule has 0 radical (unpaired) electrons. The van der Waals surface area contributed by atoms with Crippen LogP contribution in [0, 0.1) is 0 Å². The number of nitrogens with one attached hydrogen (secondary N) is 2. The minimum absolute atomic E-state index is 0.109. The van der Waals surface area contributed by atoms with Crippen LogP contribution < -0.4 is 10.0 Å². The smallest absolute Gasteiger partial charge is 0.275 e. The molecule has 3 rings (SSSR count). The number of guanidine groups is 1. The first-order valence-electron chi connectivity index (χ1n) is 6.13. The van der Waals surface area contributed by atoms with Crippen LogP contribution in [0.15, 0.2) is 15.3 Å². The van der Waals surface area contributed by atoms with Gasteiger partial charge in [0.1, 0.15) is 0 Å². The highest BCUT2D eigenvalue weighted by atomic mass is 35.5. The highest BCUT2D eigenvalue weighted by Crippen LogP contribution is 2.40. The number of rotatable bonds is 2. The molecule has 8 heteroatoms. The van der Waals surface area contributed by atoms with Crippen LogP contribution in [-0.4, -0.2) is 19.9 Å². The molecule has 0 atom stereocenters. The SMILES string of the molecule is CCC1(N=C2Nc3cc(Cl)sc3S(=O)(=O)N2)CCC1. The largest absolute Gasteiger partial charge is 0.324 e. The van der Waals surface area contributed by atoms with Gasteiger partial charge in [-0.05, 0) is 31.7 Å². The Bertz CT molecular complexity index is 641. The van der Waals surface area contributed by atoms with Crippen LogP contribution in [0.1, 0.15) is 32.6 Å². The number of hydrogen-bond acceptors (Lipinski definition) is 4. The minimum Gasteiger partial charge on any atom is -0.324 e. The topological polar surface area (TPSA) is 70.6 Å². The van der Waals surface area contributed by atoms with E-state index in [1.807, 2.05) is 0 Å². The lowest BCUT2D eigenvalue weighted by atomic mass is 9.75.